The smallest absolute Gasteiger partial charge is 0.268 e. The standard InChI is InChI=1S/C15H15F2N3OS/c1-2-11-6-3-4-7-12(11)15(17)18-10-19-22(21)14-9-5-8-13(16)20-14/h3-9,19H,2,10H2,1H3. The van der Waals surface area contributed by atoms with Crippen LogP contribution in [0.15, 0.2) is 52.5 Å². The van der Waals surface area contributed by atoms with Gasteiger partial charge in [0, 0.05) is 11.6 Å². The Morgan fingerprint density at radius 2 is 2.05 bits per heavy atom. The number of halogens is 2. The van der Waals surface area contributed by atoms with E-state index in [1.165, 1.54) is 12.1 Å². The maximum Gasteiger partial charge on any atom is 0.268 e. The van der Waals surface area contributed by atoms with Crippen molar-refractivity contribution in [1.29, 1.82) is 0 Å². The lowest BCUT2D eigenvalue weighted by Crippen LogP contribution is -2.25. The first kappa shape index (κ1) is 16.5. The van der Waals surface area contributed by atoms with E-state index in [9.17, 15) is 13.3 Å². The lowest BCUT2D eigenvalue weighted by atomic mass is 10.1. The Morgan fingerprint density at radius 1 is 1.27 bits per heavy atom. The fourth-order valence-electron chi connectivity index (χ4n) is 1.84. The number of nitrogens with one attached hydrogen (secondary N) is 1. The Kier molecular flexibility index (Phi) is 6.00. The number of aryl methyl sites for hydroxylation is 1. The van der Waals surface area contributed by atoms with Crippen molar-refractivity contribution in [3.8, 4) is 0 Å². The molecule has 0 bridgehead atoms. The SMILES string of the molecule is CCc1ccccc1C(F)=NCN[S+]([O-])c1cccc(F)n1. The van der Waals surface area contributed by atoms with Crippen LogP contribution in [0, 0.1) is 5.95 Å². The van der Waals surface area contributed by atoms with Crippen LogP contribution in [0.5, 0.6) is 0 Å². The van der Waals surface area contributed by atoms with Gasteiger partial charge in [0.2, 0.25) is 11.9 Å². The minimum absolute atomic E-state index is 0.0320. The van der Waals surface area contributed by atoms with Crippen LogP contribution in [0.1, 0.15) is 18.1 Å². The molecule has 0 aliphatic rings. The monoisotopic (exact) mass is 323 g/mol. The van der Waals surface area contributed by atoms with Gasteiger partial charge in [-0.15, -0.1) is 4.72 Å². The van der Waals surface area contributed by atoms with Gasteiger partial charge in [-0.25, -0.2) is 4.99 Å². The van der Waals surface area contributed by atoms with Crippen LogP contribution in [0.4, 0.5) is 8.78 Å². The molecule has 0 radical (unpaired) electrons. The number of aromatic nitrogens is 1. The molecule has 0 spiro atoms. The van der Waals surface area contributed by atoms with E-state index in [0.717, 1.165) is 11.6 Å². The van der Waals surface area contributed by atoms with Gasteiger partial charge < -0.3 is 4.55 Å². The van der Waals surface area contributed by atoms with Gasteiger partial charge in [0.1, 0.15) is 18.0 Å². The second-order valence-corrected chi connectivity index (χ2v) is 5.57. The van der Waals surface area contributed by atoms with Crippen LogP contribution >= 0.6 is 0 Å². The van der Waals surface area contributed by atoms with Crippen LogP contribution in [-0.4, -0.2) is 22.2 Å². The highest BCUT2D eigenvalue weighted by molar-refractivity contribution is 7.89. The predicted octanol–water partition coefficient (Wildman–Crippen LogP) is 2.77. The number of aliphatic imine (C=N–C) groups is 1. The van der Waals surface area contributed by atoms with Crippen molar-refractivity contribution in [2.45, 2.75) is 18.4 Å². The topological polar surface area (TPSA) is 60.3 Å². The molecule has 22 heavy (non-hydrogen) atoms. The van der Waals surface area contributed by atoms with Gasteiger partial charge in [-0.3, -0.25) is 0 Å². The van der Waals surface area contributed by atoms with Crippen molar-refractivity contribution in [3.63, 3.8) is 0 Å². The molecule has 0 aliphatic heterocycles. The van der Waals surface area contributed by atoms with Crippen molar-refractivity contribution in [2.24, 2.45) is 4.99 Å². The summed E-state index contributed by atoms with van der Waals surface area (Å²) in [5.41, 5.74) is 1.26. The van der Waals surface area contributed by atoms with Crippen LogP contribution in [0.25, 0.3) is 0 Å². The third kappa shape index (κ3) is 4.33. The highest BCUT2D eigenvalue weighted by Gasteiger charge is 2.13. The maximum absolute atomic E-state index is 14.0. The predicted molar refractivity (Wildman–Crippen MR) is 82.1 cm³/mol. The van der Waals surface area contributed by atoms with Crippen LogP contribution in [-0.2, 0) is 17.8 Å². The second kappa shape index (κ2) is 7.98. The first-order valence-corrected chi connectivity index (χ1v) is 7.83. The van der Waals surface area contributed by atoms with E-state index in [4.69, 9.17) is 0 Å². The third-order valence-electron chi connectivity index (χ3n) is 2.91. The average molecular weight is 323 g/mol. The van der Waals surface area contributed by atoms with Crippen molar-refractivity contribution >= 4 is 17.3 Å². The summed E-state index contributed by atoms with van der Waals surface area (Å²) in [5.74, 6) is -1.35. The zero-order chi connectivity index (χ0) is 15.9. The van der Waals surface area contributed by atoms with Crippen LogP contribution in [0.2, 0.25) is 0 Å². The summed E-state index contributed by atoms with van der Waals surface area (Å²) >= 11 is -1.75. The van der Waals surface area contributed by atoms with E-state index in [-0.39, 0.29) is 11.7 Å². The molecular formula is C15H15F2N3OS. The highest BCUT2D eigenvalue weighted by Crippen LogP contribution is 2.12. The fraction of sp³-hybridized carbons (Fsp3) is 0.200. The summed E-state index contributed by atoms with van der Waals surface area (Å²) in [6.45, 7) is 1.73. The van der Waals surface area contributed by atoms with E-state index in [2.05, 4.69) is 14.7 Å². The van der Waals surface area contributed by atoms with Crippen LogP contribution in [0.3, 0.4) is 0 Å². The summed E-state index contributed by atoms with van der Waals surface area (Å²) in [7, 11) is 0. The van der Waals surface area contributed by atoms with E-state index < -0.39 is 23.3 Å². The average Bonchev–Trinajstić information content (AvgIpc) is 2.54. The summed E-state index contributed by atoms with van der Waals surface area (Å²) in [6, 6.07) is 11.0. The normalized spacial score (nSPS) is 13.2. The Bertz CT molecular complexity index is 667. The van der Waals surface area contributed by atoms with Gasteiger partial charge in [-0.2, -0.15) is 13.8 Å². The largest absolute Gasteiger partial charge is 0.592 e. The van der Waals surface area contributed by atoms with E-state index >= 15 is 0 Å². The number of pyridine rings is 1. The molecule has 0 amide bonds. The number of hydrogen-bond donors (Lipinski definition) is 1. The van der Waals surface area contributed by atoms with E-state index in [1.54, 1.807) is 12.1 Å². The molecule has 4 nitrogen and oxygen atoms in total. The minimum atomic E-state index is -1.75. The van der Waals surface area contributed by atoms with Crippen LogP contribution < -0.4 is 4.72 Å². The second-order valence-electron chi connectivity index (χ2n) is 4.33. The van der Waals surface area contributed by atoms with Gasteiger partial charge in [-0.05, 0) is 18.1 Å². The first-order chi connectivity index (χ1) is 10.6. The molecule has 1 N–H and O–H groups in total. The van der Waals surface area contributed by atoms with Crippen molar-refractivity contribution in [1.82, 2.24) is 9.71 Å². The molecule has 2 aromatic rings. The van der Waals surface area contributed by atoms with Crippen molar-refractivity contribution < 1.29 is 13.3 Å². The minimum Gasteiger partial charge on any atom is -0.592 e. The Balaban J connectivity index is 1.99. The molecule has 1 atom stereocenters. The molecular weight excluding hydrogens is 308 g/mol. The lowest BCUT2D eigenvalue weighted by molar-refractivity contribution is 0.551. The maximum atomic E-state index is 14.0. The van der Waals surface area contributed by atoms with Gasteiger partial charge in [-0.1, -0.05) is 37.3 Å². The molecule has 0 fully saturated rings. The lowest BCUT2D eigenvalue weighted by Gasteiger charge is -2.08. The Hall–Kier alpha value is -1.83. The number of benzene rings is 1. The number of nitrogens with zero attached hydrogens (tertiary/aromatic N) is 2. The third-order valence-corrected chi connectivity index (χ3v) is 3.91. The first-order valence-electron chi connectivity index (χ1n) is 6.68. The highest BCUT2D eigenvalue weighted by atomic mass is 32.2. The van der Waals surface area contributed by atoms with E-state index in [1.807, 2.05) is 19.1 Å². The Labute approximate surface area is 130 Å². The fourth-order valence-corrected chi connectivity index (χ4v) is 2.54. The molecule has 0 saturated heterocycles. The molecule has 7 heteroatoms. The van der Waals surface area contributed by atoms with Gasteiger partial charge >= 0.3 is 0 Å². The van der Waals surface area contributed by atoms with Crippen molar-refractivity contribution in [2.75, 3.05) is 6.67 Å². The molecule has 116 valence electrons. The molecule has 2 rings (SSSR count). The van der Waals surface area contributed by atoms with Gasteiger partial charge in [0.15, 0.2) is 0 Å². The van der Waals surface area contributed by atoms with Gasteiger partial charge in [0.05, 0.1) is 0 Å². The summed E-state index contributed by atoms with van der Waals surface area (Å²) in [6.07, 6.45) is 0.686. The Morgan fingerprint density at radius 3 is 2.77 bits per heavy atom. The molecule has 1 aromatic heterocycles. The molecule has 1 aromatic carbocycles. The molecule has 1 unspecified atom stereocenters. The summed E-state index contributed by atoms with van der Waals surface area (Å²) in [4.78, 5) is 7.20. The summed E-state index contributed by atoms with van der Waals surface area (Å²) < 4.78 is 41.3. The zero-order valence-electron chi connectivity index (χ0n) is 11.9. The van der Waals surface area contributed by atoms with E-state index in [0.29, 0.717) is 12.0 Å². The zero-order valence-corrected chi connectivity index (χ0v) is 12.7. The molecule has 0 saturated carbocycles. The molecule has 0 aliphatic carbocycles. The quantitative estimate of drug-likeness (QED) is 0.505. The molecule has 1 heterocycles. The number of hydrogen-bond acceptors (Lipinski definition) is 4. The van der Waals surface area contributed by atoms with Gasteiger partial charge in [0.25, 0.3) is 5.03 Å². The number of rotatable bonds is 6. The summed E-state index contributed by atoms with van der Waals surface area (Å²) in [5, 5.41) is 0.0320. The van der Waals surface area contributed by atoms with Crippen molar-refractivity contribution in [3.05, 3.63) is 59.5 Å².